The fourth-order valence-electron chi connectivity index (χ4n) is 2.66. The van der Waals surface area contributed by atoms with Crippen molar-refractivity contribution in [1.82, 2.24) is 4.90 Å². The van der Waals surface area contributed by atoms with Crippen LogP contribution in [0, 0.1) is 27.7 Å². The van der Waals surface area contributed by atoms with Crippen molar-refractivity contribution < 1.29 is 15.3 Å². The van der Waals surface area contributed by atoms with Gasteiger partial charge >= 0.3 is 0 Å². The van der Waals surface area contributed by atoms with Crippen molar-refractivity contribution in [3.8, 4) is 0 Å². The van der Waals surface area contributed by atoms with Crippen molar-refractivity contribution in [2.75, 3.05) is 32.8 Å². The van der Waals surface area contributed by atoms with Crippen molar-refractivity contribution in [3.63, 3.8) is 0 Å². The largest absolute Gasteiger partial charge is 0.395 e. The first-order valence-corrected chi connectivity index (χ1v) is 7.11. The molecule has 1 aromatic rings. The molecule has 1 unspecified atom stereocenters. The molecule has 4 nitrogen and oxygen atoms in total. The molecule has 0 aliphatic carbocycles. The van der Waals surface area contributed by atoms with Gasteiger partial charge in [-0.2, -0.15) is 0 Å². The quantitative estimate of drug-likeness (QED) is 0.703. The number of nitrogens with zero attached hydrogens (tertiary/aromatic N) is 1. The van der Waals surface area contributed by atoms with E-state index in [1.807, 2.05) is 18.7 Å². The van der Waals surface area contributed by atoms with Gasteiger partial charge in [0.25, 0.3) is 0 Å². The lowest BCUT2D eigenvalue weighted by Crippen LogP contribution is -2.34. The van der Waals surface area contributed by atoms with Crippen LogP contribution in [0.2, 0.25) is 0 Å². The SMILES string of the molecule is Cc1cc(C)c(C)c(C(O)CN(CCO)CCO)c1C. The molecule has 4 heteroatoms. The molecule has 0 amide bonds. The maximum absolute atomic E-state index is 10.5. The number of aryl methyl sites for hydroxylation is 2. The van der Waals surface area contributed by atoms with Gasteiger partial charge in [0, 0.05) is 19.6 Å². The van der Waals surface area contributed by atoms with Gasteiger partial charge in [0.05, 0.1) is 19.3 Å². The normalized spacial score (nSPS) is 13.0. The first kappa shape index (κ1) is 17.1. The van der Waals surface area contributed by atoms with Crippen molar-refractivity contribution in [2.24, 2.45) is 0 Å². The van der Waals surface area contributed by atoms with Gasteiger partial charge in [0.15, 0.2) is 0 Å². The van der Waals surface area contributed by atoms with Gasteiger partial charge in [-0.1, -0.05) is 6.07 Å². The fraction of sp³-hybridized carbons (Fsp3) is 0.625. The molecule has 0 fully saturated rings. The van der Waals surface area contributed by atoms with Gasteiger partial charge in [-0.3, -0.25) is 4.90 Å². The van der Waals surface area contributed by atoms with Crippen LogP contribution in [-0.4, -0.2) is 53.1 Å². The first-order valence-electron chi connectivity index (χ1n) is 7.11. The highest BCUT2D eigenvalue weighted by atomic mass is 16.3. The maximum Gasteiger partial charge on any atom is 0.0922 e. The lowest BCUT2D eigenvalue weighted by molar-refractivity contribution is 0.0867. The molecule has 1 aromatic carbocycles. The third kappa shape index (κ3) is 4.03. The van der Waals surface area contributed by atoms with E-state index in [2.05, 4.69) is 19.9 Å². The summed E-state index contributed by atoms with van der Waals surface area (Å²) in [5.74, 6) is 0. The van der Waals surface area contributed by atoms with Gasteiger partial charge in [-0.15, -0.1) is 0 Å². The summed E-state index contributed by atoms with van der Waals surface area (Å²) >= 11 is 0. The van der Waals surface area contributed by atoms with E-state index in [9.17, 15) is 5.11 Å². The Balaban J connectivity index is 2.99. The average Bonchev–Trinajstić information content (AvgIpc) is 2.37. The summed E-state index contributed by atoms with van der Waals surface area (Å²) < 4.78 is 0. The molecule has 0 aliphatic rings. The minimum atomic E-state index is -0.605. The molecule has 114 valence electrons. The molecular formula is C16H27NO3. The van der Waals surface area contributed by atoms with Gasteiger partial charge in [0.2, 0.25) is 0 Å². The van der Waals surface area contributed by atoms with Crippen LogP contribution in [0.4, 0.5) is 0 Å². The highest BCUT2D eigenvalue weighted by Crippen LogP contribution is 2.27. The summed E-state index contributed by atoms with van der Waals surface area (Å²) in [5.41, 5.74) is 5.57. The molecule has 3 N–H and O–H groups in total. The van der Waals surface area contributed by atoms with E-state index in [-0.39, 0.29) is 13.2 Å². The second kappa shape index (κ2) is 7.74. The van der Waals surface area contributed by atoms with Gasteiger partial charge in [0.1, 0.15) is 0 Å². The molecule has 0 bridgehead atoms. The highest BCUT2D eigenvalue weighted by molar-refractivity contribution is 5.45. The zero-order valence-electron chi connectivity index (χ0n) is 13.0. The molecule has 0 saturated heterocycles. The Morgan fingerprint density at radius 2 is 1.40 bits per heavy atom. The van der Waals surface area contributed by atoms with Crippen LogP contribution in [0.15, 0.2) is 6.07 Å². The van der Waals surface area contributed by atoms with Crippen molar-refractivity contribution in [2.45, 2.75) is 33.8 Å². The summed E-state index contributed by atoms with van der Waals surface area (Å²) in [4.78, 5) is 1.88. The predicted molar refractivity (Wildman–Crippen MR) is 81.0 cm³/mol. The third-order valence-corrected chi connectivity index (χ3v) is 4.02. The van der Waals surface area contributed by atoms with E-state index in [0.29, 0.717) is 19.6 Å². The molecule has 20 heavy (non-hydrogen) atoms. The van der Waals surface area contributed by atoms with Crippen molar-refractivity contribution in [1.29, 1.82) is 0 Å². The molecule has 0 aromatic heterocycles. The monoisotopic (exact) mass is 281 g/mol. The first-order chi connectivity index (χ1) is 9.42. The second-order valence-electron chi connectivity index (χ2n) is 5.44. The number of aliphatic hydroxyl groups excluding tert-OH is 3. The van der Waals surface area contributed by atoms with Crippen LogP contribution in [-0.2, 0) is 0 Å². The second-order valence-corrected chi connectivity index (χ2v) is 5.44. The number of hydrogen-bond donors (Lipinski definition) is 3. The number of rotatable bonds is 7. The van der Waals surface area contributed by atoms with Crippen LogP contribution in [0.25, 0.3) is 0 Å². The van der Waals surface area contributed by atoms with E-state index < -0.39 is 6.10 Å². The fourth-order valence-corrected chi connectivity index (χ4v) is 2.66. The highest BCUT2D eigenvalue weighted by Gasteiger charge is 2.19. The Morgan fingerprint density at radius 3 is 1.80 bits per heavy atom. The Labute approximate surface area is 121 Å². The Kier molecular flexibility index (Phi) is 6.62. The molecule has 0 radical (unpaired) electrons. The van der Waals surface area contributed by atoms with Crippen molar-refractivity contribution in [3.05, 3.63) is 33.9 Å². The molecule has 0 spiro atoms. The Hall–Kier alpha value is -0.940. The number of hydrogen-bond acceptors (Lipinski definition) is 4. The minimum absolute atomic E-state index is 0.0253. The molecule has 0 aliphatic heterocycles. The van der Waals surface area contributed by atoms with Crippen LogP contribution in [0.5, 0.6) is 0 Å². The lowest BCUT2D eigenvalue weighted by atomic mass is 9.90. The van der Waals surface area contributed by atoms with E-state index in [0.717, 1.165) is 16.7 Å². The van der Waals surface area contributed by atoms with Gasteiger partial charge in [-0.05, 0) is 55.5 Å². The van der Waals surface area contributed by atoms with Gasteiger partial charge in [-0.25, -0.2) is 0 Å². The Bertz CT molecular complexity index is 414. The van der Waals surface area contributed by atoms with Crippen LogP contribution < -0.4 is 0 Å². The predicted octanol–water partition coefficient (Wildman–Crippen LogP) is 1.24. The molecule has 0 saturated carbocycles. The zero-order valence-corrected chi connectivity index (χ0v) is 13.0. The van der Waals surface area contributed by atoms with Crippen LogP contribution >= 0.6 is 0 Å². The summed E-state index contributed by atoms with van der Waals surface area (Å²) in [6, 6.07) is 2.14. The molecule has 0 heterocycles. The van der Waals surface area contributed by atoms with E-state index in [1.165, 1.54) is 11.1 Å². The lowest BCUT2D eigenvalue weighted by Gasteiger charge is -2.26. The minimum Gasteiger partial charge on any atom is -0.395 e. The Morgan fingerprint density at radius 1 is 0.950 bits per heavy atom. The van der Waals surface area contributed by atoms with Crippen molar-refractivity contribution >= 4 is 0 Å². The van der Waals surface area contributed by atoms with E-state index >= 15 is 0 Å². The van der Waals surface area contributed by atoms with Gasteiger partial charge < -0.3 is 15.3 Å². The zero-order chi connectivity index (χ0) is 15.3. The van der Waals surface area contributed by atoms with E-state index in [1.54, 1.807) is 0 Å². The number of benzene rings is 1. The standard InChI is InChI=1S/C16H27NO3/c1-11-9-12(2)14(4)16(13(11)3)15(20)10-17(5-7-18)6-8-19/h9,15,18-20H,5-8,10H2,1-4H3. The maximum atomic E-state index is 10.5. The third-order valence-electron chi connectivity index (χ3n) is 4.02. The average molecular weight is 281 g/mol. The molecular weight excluding hydrogens is 254 g/mol. The summed E-state index contributed by atoms with van der Waals surface area (Å²) in [6.07, 6.45) is -0.605. The van der Waals surface area contributed by atoms with Crippen LogP contribution in [0.3, 0.4) is 0 Å². The number of aliphatic hydroxyl groups is 3. The topological polar surface area (TPSA) is 63.9 Å². The summed E-state index contributed by atoms with van der Waals surface area (Å²) in [7, 11) is 0. The summed E-state index contributed by atoms with van der Waals surface area (Å²) in [6.45, 7) is 9.56. The molecule has 1 atom stereocenters. The summed E-state index contributed by atoms with van der Waals surface area (Å²) in [5, 5.41) is 28.6. The van der Waals surface area contributed by atoms with Crippen LogP contribution in [0.1, 0.15) is 33.9 Å². The van der Waals surface area contributed by atoms with E-state index in [4.69, 9.17) is 10.2 Å². The molecule has 1 rings (SSSR count). The smallest absolute Gasteiger partial charge is 0.0922 e.